The van der Waals surface area contributed by atoms with Crippen LogP contribution in [-0.4, -0.2) is 22.1 Å². The number of hydrogen-bond donors (Lipinski definition) is 0. The van der Waals surface area contributed by atoms with E-state index in [0.29, 0.717) is 23.5 Å². The van der Waals surface area contributed by atoms with E-state index in [2.05, 4.69) is 6.92 Å². The zero-order valence-corrected chi connectivity index (χ0v) is 9.36. The molecule has 2 fully saturated rings. The molecule has 0 amide bonds. The number of rotatable bonds is 3. The van der Waals surface area contributed by atoms with Crippen molar-refractivity contribution in [1.82, 2.24) is 0 Å². The minimum atomic E-state index is 0.161. The quantitative estimate of drug-likeness (QED) is 0.673. The van der Waals surface area contributed by atoms with Crippen LogP contribution in [0, 0.1) is 5.92 Å². The Morgan fingerprint density at radius 3 is 2.29 bits per heavy atom. The van der Waals surface area contributed by atoms with Gasteiger partial charge in [0.25, 0.3) is 0 Å². The van der Waals surface area contributed by atoms with Crippen molar-refractivity contribution in [1.29, 1.82) is 0 Å². The predicted octanol–water partition coefficient (Wildman–Crippen LogP) is 2.21. The smallest absolute Gasteiger partial charge is 0.140 e. The maximum absolute atomic E-state index is 11.3. The molecule has 0 N–H and O–H groups in total. The molecule has 3 heteroatoms. The van der Waals surface area contributed by atoms with E-state index in [1.807, 2.05) is 11.8 Å². The summed E-state index contributed by atoms with van der Waals surface area (Å²) in [5, 5.41) is 0. The number of hydrogen-bond acceptors (Lipinski definition) is 3. The molecule has 0 spiro atoms. The van der Waals surface area contributed by atoms with Gasteiger partial charge in [-0.05, 0) is 24.5 Å². The van der Waals surface area contributed by atoms with Gasteiger partial charge < -0.3 is 0 Å². The van der Waals surface area contributed by atoms with Crippen LogP contribution in [0.5, 0.6) is 0 Å². The van der Waals surface area contributed by atoms with Gasteiger partial charge in [-0.25, -0.2) is 0 Å². The first-order valence-electron chi connectivity index (χ1n) is 5.33. The molecule has 2 nitrogen and oxygen atoms in total. The van der Waals surface area contributed by atoms with Crippen molar-refractivity contribution in [3.05, 3.63) is 0 Å². The highest BCUT2D eigenvalue weighted by Crippen LogP contribution is 2.56. The summed E-state index contributed by atoms with van der Waals surface area (Å²) in [6.07, 6.45) is 3.91. The highest BCUT2D eigenvalue weighted by Gasteiger charge is 2.51. The zero-order valence-electron chi connectivity index (χ0n) is 8.54. The van der Waals surface area contributed by atoms with E-state index in [1.165, 1.54) is 12.8 Å². The second-order valence-electron chi connectivity index (χ2n) is 4.36. The van der Waals surface area contributed by atoms with Crippen LogP contribution in [0.25, 0.3) is 0 Å². The van der Waals surface area contributed by atoms with E-state index in [9.17, 15) is 9.59 Å². The van der Waals surface area contributed by atoms with Crippen LogP contribution in [-0.2, 0) is 9.59 Å². The summed E-state index contributed by atoms with van der Waals surface area (Å²) in [5.74, 6) is 1.77. The van der Waals surface area contributed by atoms with Crippen molar-refractivity contribution in [2.45, 2.75) is 43.8 Å². The molecule has 0 aromatic heterocycles. The standard InChI is InChI=1S/C11H16O2S/c1-2-14-11(3-4-11)8-5-9(12)7-10(13)6-8/h8H,2-7H2,1H3. The first-order valence-corrected chi connectivity index (χ1v) is 6.32. The van der Waals surface area contributed by atoms with E-state index >= 15 is 0 Å². The minimum absolute atomic E-state index is 0.161. The van der Waals surface area contributed by atoms with Crippen molar-refractivity contribution in [3.8, 4) is 0 Å². The average Bonchev–Trinajstić information content (AvgIpc) is 2.84. The van der Waals surface area contributed by atoms with E-state index in [0.717, 1.165) is 5.75 Å². The van der Waals surface area contributed by atoms with Crippen LogP contribution in [0.4, 0.5) is 0 Å². The average molecular weight is 212 g/mol. The van der Waals surface area contributed by atoms with Gasteiger partial charge in [-0.15, -0.1) is 0 Å². The Labute approximate surface area is 88.8 Å². The maximum atomic E-state index is 11.3. The van der Waals surface area contributed by atoms with Gasteiger partial charge in [0, 0.05) is 17.6 Å². The molecule has 0 saturated heterocycles. The summed E-state index contributed by atoms with van der Waals surface area (Å²) in [6.45, 7) is 2.15. The Balaban J connectivity index is 2.03. The van der Waals surface area contributed by atoms with Crippen molar-refractivity contribution in [3.63, 3.8) is 0 Å². The van der Waals surface area contributed by atoms with Crippen LogP contribution in [0.2, 0.25) is 0 Å². The fourth-order valence-corrected chi connectivity index (χ4v) is 3.81. The minimum Gasteiger partial charge on any atom is -0.299 e. The largest absolute Gasteiger partial charge is 0.299 e. The second-order valence-corrected chi connectivity index (χ2v) is 6.04. The second kappa shape index (κ2) is 3.69. The molecule has 0 aliphatic heterocycles. The van der Waals surface area contributed by atoms with Crippen molar-refractivity contribution in [2.24, 2.45) is 5.92 Å². The Bertz CT molecular complexity index is 252. The fourth-order valence-electron chi connectivity index (χ4n) is 2.44. The summed E-state index contributed by atoms with van der Waals surface area (Å²) in [6, 6.07) is 0. The first kappa shape index (κ1) is 10.2. The third-order valence-corrected chi connectivity index (χ3v) is 4.87. The number of ketones is 2. The van der Waals surface area contributed by atoms with Crippen molar-refractivity contribution >= 4 is 23.3 Å². The van der Waals surface area contributed by atoms with Gasteiger partial charge in [0.2, 0.25) is 0 Å². The van der Waals surface area contributed by atoms with Gasteiger partial charge in [-0.2, -0.15) is 11.8 Å². The molecule has 2 aliphatic carbocycles. The lowest BCUT2D eigenvalue weighted by molar-refractivity contribution is -0.131. The lowest BCUT2D eigenvalue weighted by atomic mass is 9.84. The summed E-state index contributed by atoms with van der Waals surface area (Å²) in [4.78, 5) is 22.7. The molecule has 2 aliphatic rings. The van der Waals surface area contributed by atoms with Crippen molar-refractivity contribution in [2.75, 3.05) is 5.75 Å². The van der Waals surface area contributed by atoms with Crippen LogP contribution < -0.4 is 0 Å². The predicted molar refractivity (Wildman–Crippen MR) is 57.5 cm³/mol. The molecule has 2 rings (SSSR count). The molecule has 0 aromatic rings. The lowest BCUT2D eigenvalue weighted by Gasteiger charge is -2.28. The highest BCUT2D eigenvalue weighted by atomic mass is 32.2. The lowest BCUT2D eigenvalue weighted by Crippen LogP contribution is -2.31. The van der Waals surface area contributed by atoms with Crippen LogP contribution in [0.3, 0.4) is 0 Å². The van der Waals surface area contributed by atoms with Crippen LogP contribution in [0.1, 0.15) is 39.0 Å². The number of Topliss-reactive ketones (excluding diaryl/α,β-unsaturated/α-hetero) is 2. The Morgan fingerprint density at radius 2 is 1.86 bits per heavy atom. The Kier molecular flexibility index (Phi) is 2.69. The third-order valence-electron chi connectivity index (χ3n) is 3.26. The summed E-state index contributed by atoms with van der Waals surface area (Å²) in [5.41, 5.74) is 0. The summed E-state index contributed by atoms with van der Waals surface area (Å²) in [7, 11) is 0. The van der Waals surface area contributed by atoms with E-state index in [4.69, 9.17) is 0 Å². The first-order chi connectivity index (χ1) is 6.66. The van der Waals surface area contributed by atoms with E-state index in [-0.39, 0.29) is 18.0 Å². The number of thioether (sulfide) groups is 1. The SMILES string of the molecule is CCSC1(C2CC(=O)CC(=O)C2)CC1. The topological polar surface area (TPSA) is 34.1 Å². The Morgan fingerprint density at radius 1 is 1.29 bits per heavy atom. The molecule has 0 heterocycles. The third kappa shape index (κ3) is 1.88. The molecule has 2 saturated carbocycles. The maximum Gasteiger partial charge on any atom is 0.140 e. The van der Waals surface area contributed by atoms with Gasteiger partial charge in [0.15, 0.2) is 0 Å². The molecule has 0 aromatic carbocycles. The van der Waals surface area contributed by atoms with Gasteiger partial charge in [-0.1, -0.05) is 6.92 Å². The highest BCUT2D eigenvalue weighted by molar-refractivity contribution is 8.00. The molecular formula is C11H16O2S. The zero-order chi connectivity index (χ0) is 10.2. The monoisotopic (exact) mass is 212 g/mol. The normalized spacial score (nSPS) is 26.6. The molecule has 0 radical (unpaired) electrons. The van der Waals surface area contributed by atoms with E-state index in [1.54, 1.807) is 0 Å². The molecule has 14 heavy (non-hydrogen) atoms. The Hall–Kier alpha value is -0.310. The molecule has 0 bridgehead atoms. The summed E-state index contributed by atoms with van der Waals surface area (Å²) >= 11 is 1.95. The van der Waals surface area contributed by atoms with Gasteiger partial charge >= 0.3 is 0 Å². The van der Waals surface area contributed by atoms with Crippen LogP contribution >= 0.6 is 11.8 Å². The van der Waals surface area contributed by atoms with E-state index < -0.39 is 0 Å². The van der Waals surface area contributed by atoms with Gasteiger partial charge in [0.1, 0.15) is 11.6 Å². The number of carbonyl (C=O) groups is 2. The molecular weight excluding hydrogens is 196 g/mol. The molecule has 78 valence electrons. The van der Waals surface area contributed by atoms with Gasteiger partial charge in [0.05, 0.1) is 6.42 Å². The molecule has 0 atom stereocenters. The van der Waals surface area contributed by atoms with Gasteiger partial charge in [-0.3, -0.25) is 9.59 Å². The van der Waals surface area contributed by atoms with Crippen LogP contribution in [0.15, 0.2) is 0 Å². The van der Waals surface area contributed by atoms with Crippen molar-refractivity contribution < 1.29 is 9.59 Å². The fraction of sp³-hybridized carbons (Fsp3) is 0.818. The number of carbonyl (C=O) groups excluding carboxylic acids is 2. The molecule has 0 unspecified atom stereocenters. The summed E-state index contributed by atoms with van der Waals surface area (Å²) < 4.78 is 0.306.